The summed E-state index contributed by atoms with van der Waals surface area (Å²) in [6, 6.07) is 2.73. The van der Waals surface area contributed by atoms with Crippen LogP contribution in [0.15, 0.2) is 29.8 Å². The lowest BCUT2D eigenvalue weighted by Gasteiger charge is -2.15. The van der Waals surface area contributed by atoms with Crippen LogP contribution in [0, 0.1) is 0 Å². The summed E-state index contributed by atoms with van der Waals surface area (Å²) in [7, 11) is 0. The lowest BCUT2D eigenvalue weighted by atomic mass is 10.1. The molecule has 0 radical (unpaired) electrons. The van der Waals surface area contributed by atoms with Crippen LogP contribution in [0.25, 0.3) is 0 Å². The van der Waals surface area contributed by atoms with E-state index in [1.165, 1.54) is 11.3 Å². The van der Waals surface area contributed by atoms with Gasteiger partial charge in [0.2, 0.25) is 0 Å². The first kappa shape index (κ1) is 13.7. The molecule has 2 heterocycles. The zero-order chi connectivity index (χ0) is 15.2. The highest BCUT2D eigenvalue weighted by Gasteiger charge is 2.39. The van der Waals surface area contributed by atoms with Crippen molar-refractivity contribution in [3.05, 3.63) is 45.9 Å². The van der Waals surface area contributed by atoms with Gasteiger partial charge in [0.15, 0.2) is 0 Å². The third-order valence-electron chi connectivity index (χ3n) is 3.08. The molecule has 0 saturated carbocycles. The van der Waals surface area contributed by atoms with Gasteiger partial charge in [-0.3, -0.25) is 14.5 Å². The van der Waals surface area contributed by atoms with Gasteiger partial charge in [-0.2, -0.15) is 13.2 Å². The van der Waals surface area contributed by atoms with Crippen molar-refractivity contribution in [3.8, 4) is 0 Å². The van der Waals surface area contributed by atoms with Gasteiger partial charge in [0, 0.05) is 11.6 Å². The highest BCUT2D eigenvalue weighted by atomic mass is 32.1. The molecule has 0 saturated heterocycles. The first-order valence-corrected chi connectivity index (χ1v) is 6.71. The number of benzene rings is 1. The molecule has 0 fully saturated rings. The van der Waals surface area contributed by atoms with Crippen LogP contribution in [-0.2, 0) is 17.5 Å². The Morgan fingerprint density at radius 2 is 2.00 bits per heavy atom. The zero-order valence-corrected chi connectivity index (χ0v) is 11.2. The van der Waals surface area contributed by atoms with Gasteiger partial charge < -0.3 is 0 Å². The summed E-state index contributed by atoms with van der Waals surface area (Å²) in [6.07, 6.45) is -3.00. The number of nitrogens with zero attached hydrogens (tertiary/aromatic N) is 2. The quantitative estimate of drug-likeness (QED) is 0.801. The SMILES string of the molecule is O=C1C(=O)N(Cc2nccs2)c2ccc(C(F)(F)F)cc21. The Balaban J connectivity index is 2.01. The zero-order valence-electron chi connectivity index (χ0n) is 10.3. The molecular formula is C13H7F3N2O2S. The molecule has 0 spiro atoms. The van der Waals surface area contributed by atoms with E-state index < -0.39 is 23.4 Å². The van der Waals surface area contributed by atoms with Gasteiger partial charge in [0.25, 0.3) is 11.7 Å². The molecule has 8 heteroatoms. The molecule has 0 N–H and O–H groups in total. The second-order valence-corrected chi connectivity index (χ2v) is 5.36. The highest BCUT2D eigenvalue weighted by Crippen LogP contribution is 2.36. The fourth-order valence-electron chi connectivity index (χ4n) is 2.10. The number of hydrogen-bond acceptors (Lipinski definition) is 4. The Kier molecular flexibility index (Phi) is 3.05. The number of ketones is 1. The van der Waals surface area contributed by atoms with Crippen molar-refractivity contribution in [1.29, 1.82) is 0 Å². The Bertz CT molecular complexity index is 726. The number of Topliss-reactive ketones (excluding diaryl/α,β-unsaturated/α-hetero) is 1. The smallest absolute Gasteiger partial charge is 0.298 e. The molecule has 3 rings (SSSR count). The van der Waals surface area contributed by atoms with Crippen molar-refractivity contribution < 1.29 is 22.8 Å². The van der Waals surface area contributed by atoms with Crippen LogP contribution in [-0.4, -0.2) is 16.7 Å². The molecule has 0 atom stereocenters. The van der Waals surface area contributed by atoms with Crippen molar-refractivity contribution in [2.24, 2.45) is 0 Å². The minimum absolute atomic E-state index is 0.0700. The van der Waals surface area contributed by atoms with Crippen LogP contribution in [0.2, 0.25) is 0 Å². The Labute approximate surface area is 120 Å². The van der Waals surface area contributed by atoms with Gasteiger partial charge in [-0.1, -0.05) is 0 Å². The summed E-state index contributed by atoms with van der Waals surface area (Å²) in [5, 5.41) is 2.31. The molecule has 1 aromatic carbocycles. The molecular weight excluding hydrogens is 305 g/mol. The highest BCUT2D eigenvalue weighted by molar-refractivity contribution is 7.09. The van der Waals surface area contributed by atoms with E-state index in [0.29, 0.717) is 5.01 Å². The second-order valence-electron chi connectivity index (χ2n) is 4.38. The number of alkyl halides is 3. The van der Waals surface area contributed by atoms with Gasteiger partial charge >= 0.3 is 6.18 Å². The molecule has 1 amide bonds. The Morgan fingerprint density at radius 3 is 2.62 bits per heavy atom. The lowest BCUT2D eigenvalue weighted by molar-refractivity contribution is -0.137. The first-order valence-electron chi connectivity index (χ1n) is 5.84. The van der Waals surface area contributed by atoms with Crippen molar-refractivity contribution in [2.75, 3.05) is 4.90 Å². The van der Waals surface area contributed by atoms with E-state index in [9.17, 15) is 22.8 Å². The third kappa shape index (κ3) is 2.31. The maximum absolute atomic E-state index is 12.7. The number of amides is 1. The maximum Gasteiger partial charge on any atom is 0.416 e. The number of hydrogen-bond donors (Lipinski definition) is 0. The van der Waals surface area contributed by atoms with Gasteiger partial charge in [0.05, 0.1) is 23.4 Å². The largest absolute Gasteiger partial charge is 0.416 e. The fourth-order valence-corrected chi connectivity index (χ4v) is 2.70. The number of halogens is 3. The maximum atomic E-state index is 12.7. The normalized spacial score (nSPS) is 14.7. The standard InChI is InChI=1S/C13H7F3N2O2S/c14-13(15,16)7-1-2-9-8(5-7)11(19)12(20)18(9)6-10-17-3-4-21-10/h1-5H,6H2. The topological polar surface area (TPSA) is 50.3 Å². The van der Waals surface area contributed by atoms with E-state index in [1.54, 1.807) is 11.6 Å². The van der Waals surface area contributed by atoms with E-state index in [-0.39, 0.29) is 17.8 Å². The van der Waals surface area contributed by atoms with Crippen molar-refractivity contribution in [2.45, 2.75) is 12.7 Å². The molecule has 0 aliphatic carbocycles. The molecule has 4 nitrogen and oxygen atoms in total. The fraction of sp³-hybridized carbons (Fsp3) is 0.154. The molecule has 2 aromatic rings. The van der Waals surface area contributed by atoms with Gasteiger partial charge in [-0.15, -0.1) is 11.3 Å². The number of fused-ring (bicyclic) bond motifs is 1. The lowest BCUT2D eigenvalue weighted by Crippen LogP contribution is -2.29. The van der Waals surface area contributed by atoms with Crippen LogP contribution >= 0.6 is 11.3 Å². The van der Waals surface area contributed by atoms with Crippen molar-refractivity contribution in [3.63, 3.8) is 0 Å². The summed E-state index contributed by atoms with van der Waals surface area (Å²) in [4.78, 5) is 28.9. The van der Waals surface area contributed by atoms with E-state index >= 15 is 0 Å². The van der Waals surface area contributed by atoms with Gasteiger partial charge in [-0.25, -0.2) is 4.98 Å². The van der Waals surface area contributed by atoms with Crippen LogP contribution in [0.1, 0.15) is 20.9 Å². The van der Waals surface area contributed by atoms with Crippen LogP contribution in [0.5, 0.6) is 0 Å². The predicted octanol–water partition coefficient (Wildman–Crippen LogP) is 2.89. The third-order valence-corrected chi connectivity index (χ3v) is 3.84. The van der Waals surface area contributed by atoms with Crippen LogP contribution in [0.3, 0.4) is 0 Å². The molecule has 1 aliphatic rings. The minimum atomic E-state index is -4.55. The summed E-state index contributed by atoms with van der Waals surface area (Å²) in [6.45, 7) is 0.0700. The minimum Gasteiger partial charge on any atom is -0.298 e. The van der Waals surface area contributed by atoms with E-state index in [1.807, 2.05) is 0 Å². The summed E-state index contributed by atoms with van der Waals surface area (Å²) in [5.74, 6) is -1.76. The van der Waals surface area contributed by atoms with E-state index in [0.717, 1.165) is 23.1 Å². The average Bonchev–Trinajstić information content (AvgIpc) is 3.01. The number of carbonyl (C=O) groups excluding carboxylic acids is 2. The summed E-state index contributed by atoms with van der Waals surface area (Å²) in [5.41, 5.74) is -0.974. The van der Waals surface area contributed by atoms with Crippen LogP contribution < -0.4 is 4.90 Å². The second kappa shape index (κ2) is 4.66. The summed E-state index contributed by atoms with van der Waals surface area (Å²) < 4.78 is 38.0. The number of thiazole rings is 1. The molecule has 1 aliphatic heterocycles. The molecule has 21 heavy (non-hydrogen) atoms. The molecule has 0 unspecified atom stereocenters. The average molecular weight is 312 g/mol. The van der Waals surface area contributed by atoms with E-state index in [2.05, 4.69) is 4.98 Å². The van der Waals surface area contributed by atoms with Gasteiger partial charge in [-0.05, 0) is 18.2 Å². The first-order chi connectivity index (χ1) is 9.88. The van der Waals surface area contributed by atoms with E-state index in [4.69, 9.17) is 0 Å². The number of carbonyl (C=O) groups is 2. The van der Waals surface area contributed by atoms with Crippen molar-refractivity contribution in [1.82, 2.24) is 4.98 Å². The summed E-state index contributed by atoms with van der Waals surface area (Å²) >= 11 is 1.30. The van der Waals surface area contributed by atoms with Crippen LogP contribution in [0.4, 0.5) is 18.9 Å². The Morgan fingerprint density at radius 1 is 1.24 bits per heavy atom. The molecule has 0 bridgehead atoms. The molecule has 108 valence electrons. The monoisotopic (exact) mass is 312 g/mol. The number of anilines is 1. The number of rotatable bonds is 2. The predicted molar refractivity (Wildman–Crippen MR) is 69.1 cm³/mol. The van der Waals surface area contributed by atoms with Gasteiger partial charge in [0.1, 0.15) is 5.01 Å². The van der Waals surface area contributed by atoms with Crippen molar-refractivity contribution >= 4 is 28.7 Å². The molecule has 1 aromatic heterocycles. The number of aromatic nitrogens is 1. The Hall–Kier alpha value is -2.22.